The van der Waals surface area contributed by atoms with Crippen LogP contribution in [0, 0.1) is 0 Å². The zero-order valence-corrected chi connectivity index (χ0v) is 10.6. The second-order valence-electron chi connectivity index (χ2n) is 3.47. The van der Waals surface area contributed by atoms with Crippen LogP contribution >= 0.6 is 22.9 Å². The molecule has 4 nitrogen and oxygen atoms in total. The number of carbonyl (C=O) groups excluding carboxylic acids is 1. The van der Waals surface area contributed by atoms with E-state index in [4.69, 9.17) is 16.7 Å². The smallest absolute Gasteiger partial charge is 0.336 e. The maximum absolute atomic E-state index is 11.8. The lowest BCUT2D eigenvalue weighted by molar-refractivity contribution is 0.0697. The van der Waals surface area contributed by atoms with E-state index in [0.717, 1.165) is 0 Å². The first-order valence-electron chi connectivity index (χ1n) is 4.95. The van der Waals surface area contributed by atoms with E-state index in [9.17, 15) is 9.59 Å². The number of benzene rings is 1. The van der Waals surface area contributed by atoms with Crippen molar-refractivity contribution in [2.24, 2.45) is 0 Å². The normalized spacial score (nSPS) is 10.1. The highest BCUT2D eigenvalue weighted by atomic mass is 35.5. The first-order valence-corrected chi connectivity index (χ1v) is 6.21. The molecule has 1 heterocycles. The molecule has 1 aromatic heterocycles. The summed E-state index contributed by atoms with van der Waals surface area (Å²) in [5.41, 5.74) is 0.621. The molecule has 2 aromatic rings. The monoisotopic (exact) mass is 281 g/mol. The number of hydrogen-bond acceptors (Lipinski definition) is 3. The predicted molar refractivity (Wildman–Crippen MR) is 70.7 cm³/mol. The summed E-state index contributed by atoms with van der Waals surface area (Å²) < 4.78 is 0. The number of carbonyl (C=O) groups is 2. The van der Waals surface area contributed by atoms with Gasteiger partial charge < -0.3 is 10.4 Å². The van der Waals surface area contributed by atoms with Crippen LogP contribution in [0.3, 0.4) is 0 Å². The minimum Gasteiger partial charge on any atom is -0.478 e. The molecule has 0 saturated carbocycles. The van der Waals surface area contributed by atoms with E-state index in [0.29, 0.717) is 15.6 Å². The van der Waals surface area contributed by atoms with Crippen LogP contribution in [0.1, 0.15) is 20.7 Å². The van der Waals surface area contributed by atoms with Gasteiger partial charge in [-0.25, -0.2) is 4.79 Å². The van der Waals surface area contributed by atoms with Crippen molar-refractivity contribution in [3.63, 3.8) is 0 Å². The summed E-state index contributed by atoms with van der Waals surface area (Å²) in [5.74, 6) is -1.32. The van der Waals surface area contributed by atoms with E-state index in [2.05, 4.69) is 5.32 Å². The number of halogens is 1. The first kappa shape index (κ1) is 12.6. The van der Waals surface area contributed by atoms with Crippen LogP contribution in [0.2, 0.25) is 5.02 Å². The lowest BCUT2D eigenvalue weighted by atomic mass is 10.2. The Morgan fingerprint density at radius 3 is 2.39 bits per heavy atom. The van der Waals surface area contributed by atoms with Crippen molar-refractivity contribution < 1.29 is 14.7 Å². The molecule has 1 aromatic carbocycles. The van der Waals surface area contributed by atoms with E-state index < -0.39 is 5.97 Å². The molecule has 1 amide bonds. The number of amides is 1. The first-order chi connectivity index (χ1) is 8.56. The molecular formula is C12H8ClNO3S. The molecule has 6 heteroatoms. The average molecular weight is 282 g/mol. The Morgan fingerprint density at radius 1 is 1.17 bits per heavy atom. The zero-order valence-electron chi connectivity index (χ0n) is 9.01. The second kappa shape index (κ2) is 5.20. The molecule has 92 valence electrons. The summed E-state index contributed by atoms with van der Waals surface area (Å²) in [6.07, 6.45) is 0. The Morgan fingerprint density at radius 2 is 1.83 bits per heavy atom. The number of nitrogens with one attached hydrogen (secondary N) is 1. The van der Waals surface area contributed by atoms with Gasteiger partial charge in [0.2, 0.25) is 0 Å². The van der Waals surface area contributed by atoms with Gasteiger partial charge in [-0.3, -0.25) is 4.79 Å². The molecule has 2 N–H and O–H groups in total. The highest BCUT2D eigenvalue weighted by Gasteiger charge is 2.10. The van der Waals surface area contributed by atoms with Crippen molar-refractivity contribution in [2.45, 2.75) is 0 Å². The number of rotatable bonds is 3. The summed E-state index contributed by atoms with van der Waals surface area (Å²) >= 11 is 6.88. The van der Waals surface area contributed by atoms with E-state index in [1.807, 2.05) is 0 Å². The van der Waals surface area contributed by atoms with Crippen molar-refractivity contribution in [3.8, 4) is 0 Å². The lowest BCUT2D eigenvalue weighted by Gasteiger charge is -2.02. The van der Waals surface area contributed by atoms with Gasteiger partial charge in [0.05, 0.1) is 10.6 Å². The molecule has 18 heavy (non-hydrogen) atoms. The number of carboxylic acids is 1. The number of aromatic carboxylic acids is 1. The van der Waals surface area contributed by atoms with Gasteiger partial charge in [-0.15, -0.1) is 11.3 Å². The molecular weight excluding hydrogens is 274 g/mol. The molecule has 0 atom stereocenters. The Balaban J connectivity index is 2.11. The number of carboxylic acid groups (broad SMARTS) is 1. The van der Waals surface area contributed by atoms with Gasteiger partial charge in [-0.2, -0.15) is 0 Å². The number of hydrogen-bond donors (Lipinski definition) is 2. The fourth-order valence-corrected chi connectivity index (χ4v) is 2.19. The highest BCUT2D eigenvalue weighted by molar-refractivity contribution is 7.14. The van der Waals surface area contributed by atoms with Gasteiger partial charge in [0.15, 0.2) is 0 Å². The molecule has 0 saturated heterocycles. The standard InChI is InChI=1S/C12H8ClNO3S/c13-9-3-1-7(2-4-9)11(15)14-10-5-8(6-18-10)12(16)17/h1-6H,(H,14,15)(H,16,17). The third-order valence-corrected chi connectivity index (χ3v) is 3.29. The number of anilines is 1. The molecule has 0 aliphatic rings. The fraction of sp³-hybridized carbons (Fsp3) is 0. The van der Waals surface area contributed by atoms with Crippen molar-refractivity contribution >= 4 is 39.8 Å². The minimum atomic E-state index is -1.02. The Kier molecular flexibility index (Phi) is 3.64. The third kappa shape index (κ3) is 2.88. The molecule has 0 spiro atoms. The summed E-state index contributed by atoms with van der Waals surface area (Å²) in [6.45, 7) is 0. The van der Waals surface area contributed by atoms with E-state index in [-0.39, 0.29) is 11.5 Å². The van der Waals surface area contributed by atoms with Gasteiger partial charge in [0.1, 0.15) is 0 Å². The quantitative estimate of drug-likeness (QED) is 0.906. The van der Waals surface area contributed by atoms with Gasteiger partial charge in [0.25, 0.3) is 5.91 Å². The third-order valence-electron chi connectivity index (χ3n) is 2.19. The fourth-order valence-electron chi connectivity index (χ4n) is 1.30. The SMILES string of the molecule is O=C(O)c1csc(NC(=O)c2ccc(Cl)cc2)c1. The zero-order chi connectivity index (χ0) is 13.1. The molecule has 2 rings (SSSR count). The Hall–Kier alpha value is -1.85. The topological polar surface area (TPSA) is 66.4 Å². The predicted octanol–water partition coefficient (Wildman–Crippen LogP) is 3.35. The summed E-state index contributed by atoms with van der Waals surface area (Å²) in [6, 6.07) is 7.86. The van der Waals surface area contributed by atoms with Gasteiger partial charge >= 0.3 is 5.97 Å². The van der Waals surface area contributed by atoms with E-state index in [1.54, 1.807) is 24.3 Å². The Bertz CT molecular complexity index is 592. The molecule has 0 radical (unpaired) electrons. The van der Waals surface area contributed by atoms with Crippen LogP contribution in [0.15, 0.2) is 35.7 Å². The summed E-state index contributed by atoms with van der Waals surface area (Å²) in [4.78, 5) is 22.5. The number of thiophene rings is 1. The van der Waals surface area contributed by atoms with Gasteiger partial charge in [0, 0.05) is 16.0 Å². The van der Waals surface area contributed by atoms with Gasteiger partial charge in [-0.05, 0) is 30.3 Å². The maximum Gasteiger partial charge on any atom is 0.336 e. The van der Waals surface area contributed by atoms with Crippen LogP contribution in [0.4, 0.5) is 5.00 Å². The van der Waals surface area contributed by atoms with Crippen LogP contribution in [0.5, 0.6) is 0 Å². The van der Waals surface area contributed by atoms with E-state index in [1.165, 1.54) is 22.8 Å². The highest BCUT2D eigenvalue weighted by Crippen LogP contribution is 2.21. The van der Waals surface area contributed by atoms with E-state index >= 15 is 0 Å². The minimum absolute atomic E-state index is 0.159. The summed E-state index contributed by atoms with van der Waals surface area (Å²) in [7, 11) is 0. The lowest BCUT2D eigenvalue weighted by Crippen LogP contribution is -2.10. The second-order valence-corrected chi connectivity index (χ2v) is 4.81. The van der Waals surface area contributed by atoms with Crippen LogP contribution < -0.4 is 5.32 Å². The Labute approximate surface area is 112 Å². The van der Waals surface area contributed by atoms with Crippen molar-refractivity contribution in [3.05, 3.63) is 51.9 Å². The molecule has 0 aliphatic heterocycles. The molecule has 0 fully saturated rings. The van der Waals surface area contributed by atoms with Gasteiger partial charge in [-0.1, -0.05) is 11.6 Å². The maximum atomic E-state index is 11.8. The van der Waals surface area contributed by atoms with Crippen LogP contribution in [0.25, 0.3) is 0 Å². The molecule has 0 bridgehead atoms. The summed E-state index contributed by atoms with van der Waals surface area (Å²) in [5, 5.41) is 13.9. The molecule has 0 unspecified atom stereocenters. The van der Waals surface area contributed by atoms with Crippen molar-refractivity contribution in [1.29, 1.82) is 0 Å². The molecule has 0 aliphatic carbocycles. The van der Waals surface area contributed by atoms with Crippen molar-refractivity contribution in [2.75, 3.05) is 5.32 Å². The van der Waals surface area contributed by atoms with Crippen LogP contribution in [-0.4, -0.2) is 17.0 Å². The average Bonchev–Trinajstić information content (AvgIpc) is 2.78. The van der Waals surface area contributed by atoms with Crippen molar-refractivity contribution in [1.82, 2.24) is 0 Å². The van der Waals surface area contributed by atoms with Crippen LogP contribution in [-0.2, 0) is 0 Å². The largest absolute Gasteiger partial charge is 0.478 e.